The van der Waals surface area contributed by atoms with E-state index in [0.29, 0.717) is 13.0 Å². The summed E-state index contributed by atoms with van der Waals surface area (Å²) in [5.41, 5.74) is 0.618. The van der Waals surface area contributed by atoms with E-state index in [9.17, 15) is 9.59 Å². The predicted octanol–water partition coefficient (Wildman–Crippen LogP) is 4.23. The van der Waals surface area contributed by atoms with Gasteiger partial charge in [0.1, 0.15) is 0 Å². The molecule has 0 saturated heterocycles. The predicted molar refractivity (Wildman–Crippen MR) is 121 cm³/mol. The summed E-state index contributed by atoms with van der Waals surface area (Å²) in [6.07, 6.45) is 11.1. The van der Waals surface area contributed by atoms with Crippen LogP contribution in [0, 0.1) is 23.2 Å². The third kappa shape index (κ3) is 4.38. The lowest BCUT2D eigenvalue weighted by Crippen LogP contribution is -2.53. The Kier molecular flexibility index (Phi) is 5.54. The summed E-state index contributed by atoms with van der Waals surface area (Å²) in [6.45, 7) is 0.402. The number of imidazole rings is 1. The minimum Gasteiger partial charge on any atom is -0.355 e. The summed E-state index contributed by atoms with van der Waals surface area (Å²) in [6, 6.07) is 7.75. The maximum Gasteiger partial charge on any atom is 0.226 e. The van der Waals surface area contributed by atoms with Crippen LogP contribution in [0.4, 0.5) is 5.69 Å². The molecule has 4 fully saturated rings. The summed E-state index contributed by atoms with van der Waals surface area (Å²) in [5.74, 6) is 2.36. The highest BCUT2D eigenvalue weighted by Gasteiger charge is 2.54. The van der Waals surface area contributed by atoms with Crippen LogP contribution in [0.3, 0.4) is 0 Å². The first-order valence-corrected chi connectivity index (χ1v) is 12.1. The standard InChI is InChI=1S/C24H30N4O2S/c1-28-9-8-26-23(28)31-20-4-2-19(3-5-20)27-21(29)6-7-25-22(30)24-13-16-10-17(14-24)12-18(11-16)15-24/h2-5,8-9,16-18H,6-7,10-15H2,1H3,(H,25,30)(H,27,29). The second-order valence-electron chi connectivity index (χ2n) is 9.70. The fourth-order valence-electron chi connectivity index (χ4n) is 6.25. The van der Waals surface area contributed by atoms with Crippen molar-refractivity contribution >= 4 is 29.3 Å². The monoisotopic (exact) mass is 438 g/mol. The molecule has 4 aliphatic carbocycles. The summed E-state index contributed by atoms with van der Waals surface area (Å²) in [5, 5.41) is 6.93. The number of benzene rings is 1. The van der Waals surface area contributed by atoms with Gasteiger partial charge in [0.2, 0.25) is 11.8 Å². The number of carbonyl (C=O) groups excluding carboxylic acids is 2. The zero-order valence-corrected chi connectivity index (χ0v) is 18.8. The molecule has 164 valence electrons. The molecule has 0 spiro atoms. The van der Waals surface area contributed by atoms with Gasteiger partial charge in [0, 0.05) is 48.4 Å². The Bertz CT molecular complexity index is 933. The Morgan fingerprint density at radius 3 is 2.32 bits per heavy atom. The molecule has 4 bridgehead atoms. The van der Waals surface area contributed by atoms with Gasteiger partial charge in [-0.05, 0) is 80.5 Å². The molecule has 0 unspecified atom stereocenters. The van der Waals surface area contributed by atoms with Gasteiger partial charge < -0.3 is 15.2 Å². The molecule has 6 rings (SSSR count). The van der Waals surface area contributed by atoms with E-state index < -0.39 is 0 Å². The van der Waals surface area contributed by atoms with Crippen LogP contribution in [0.15, 0.2) is 46.7 Å². The molecular formula is C24H30N4O2S. The van der Waals surface area contributed by atoms with Crippen LogP contribution in [-0.4, -0.2) is 27.9 Å². The number of hydrogen-bond donors (Lipinski definition) is 2. The van der Waals surface area contributed by atoms with Crippen LogP contribution in [0.2, 0.25) is 0 Å². The highest BCUT2D eigenvalue weighted by molar-refractivity contribution is 7.99. The first kappa shape index (κ1) is 20.6. The molecule has 7 heteroatoms. The number of carbonyl (C=O) groups is 2. The first-order valence-electron chi connectivity index (χ1n) is 11.3. The average Bonchev–Trinajstić information content (AvgIpc) is 3.13. The third-order valence-electron chi connectivity index (χ3n) is 7.28. The van der Waals surface area contributed by atoms with E-state index in [2.05, 4.69) is 15.6 Å². The quantitative estimate of drug-likeness (QED) is 0.678. The lowest BCUT2D eigenvalue weighted by molar-refractivity contribution is -0.146. The van der Waals surface area contributed by atoms with Gasteiger partial charge in [0.15, 0.2) is 5.16 Å². The molecule has 4 aliphatic rings. The van der Waals surface area contributed by atoms with Crippen molar-refractivity contribution in [3.63, 3.8) is 0 Å². The summed E-state index contributed by atoms with van der Waals surface area (Å²) < 4.78 is 1.97. The van der Waals surface area contributed by atoms with Crippen molar-refractivity contribution in [2.75, 3.05) is 11.9 Å². The van der Waals surface area contributed by atoms with E-state index in [1.54, 1.807) is 18.0 Å². The second-order valence-corrected chi connectivity index (χ2v) is 10.7. The van der Waals surface area contributed by atoms with Crippen LogP contribution >= 0.6 is 11.8 Å². The molecule has 2 aromatic rings. The number of nitrogens with zero attached hydrogens (tertiary/aromatic N) is 2. The molecule has 2 amide bonds. The SMILES string of the molecule is Cn1ccnc1Sc1ccc(NC(=O)CCNC(=O)C23CC4CC(CC(C4)C2)C3)cc1. The number of aromatic nitrogens is 2. The maximum absolute atomic E-state index is 13.0. The molecule has 0 radical (unpaired) electrons. The zero-order valence-electron chi connectivity index (χ0n) is 18.0. The van der Waals surface area contributed by atoms with Crippen molar-refractivity contribution in [1.29, 1.82) is 0 Å². The highest BCUT2D eigenvalue weighted by atomic mass is 32.2. The Morgan fingerprint density at radius 1 is 1.10 bits per heavy atom. The molecule has 1 aromatic heterocycles. The lowest BCUT2D eigenvalue weighted by Gasteiger charge is -2.55. The van der Waals surface area contributed by atoms with E-state index in [-0.39, 0.29) is 17.2 Å². The molecule has 2 N–H and O–H groups in total. The van der Waals surface area contributed by atoms with Crippen LogP contribution < -0.4 is 10.6 Å². The molecule has 0 aliphatic heterocycles. The van der Waals surface area contributed by atoms with Gasteiger partial charge in [0.25, 0.3) is 0 Å². The smallest absolute Gasteiger partial charge is 0.226 e. The largest absolute Gasteiger partial charge is 0.355 e. The van der Waals surface area contributed by atoms with Gasteiger partial charge in [-0.15, -0.1) is 0 Å². The van der Waals surface area contributed by atoms with Crippen molar-refractivity contribution < 1.29 is 9.59 Å². The third-order valence-corrected chi connectivity index (χ3v) is 8.37. The van der Waals surface area contributed by atoms with Crippen molar-refractivity contribution in [3.8, 4) is 0 Å². The van der Waals surface area contributed by atoms with Crippen molar-refractivity contribution in [3.05, 3.63) is 36.7 Å². The van der Waals surface area contributed by atoms with Crippen LogP contribution in [-0.2, 0) is 16.6 Å². The molecule has 31 heavy (non-hydrogen) atoms. The Hall–Kier alpha value is -2.28. The summed E-state index contributed by atoms with van der Waals surface area (Å²) in [4.78, 5) is 30.7. The van der Waals surface area contributed by atoms with Gasteiger partial charge in [-0.2, -0.15) is 0 Å². The van der Waals surface area contributed by atoms with E-state index in [1.165, 1.54) is 19.3 Å². The van der Waals surface area contributed by atoms with E-state index in [0.717, 1.165) is 52.8 Å². The fraction of sp³-hybridized carbons (Fsp3) is 0.542. The zero-order chi connectivity index (χ0) is 21.4. The van der Waals surface area contributed by atoms with Crippen LogP contribution in [0.25, 0.3) is 0 Å². The Balaban J connectivity index is 1.08. The topological polar surface area (TPSA) is 76.0 Å². The van der Waals surface area contributed by atoms with Crippen molar-refractivity contribution in [2.45, 2.75) is 55.0 Å². The minimum atomic E-state index is -0.147. The minimum absolute atomic E-state index is 0.0738. The average molecular weight is 439 g/mol. The van der Waals surface area contributed by atoms with Crippen molar-refractivity contribution in [1.82, 2.24) is 14.9 Å². The summed E-state index contributed by atoms with van der Waals surface area (Å²) >= 11 is 1.58. The molecule has 1 heterocycles. The fourth-order valence-corrected chi connectivity index (χ4v) is 7.05. The molecule has 0 atom stereocenters. The Morgan fingerprint density at radius 2 is 1.74 bits per heavy atom. The van der Waals surface area contributed by atoms with Gasteiger partial charge >= 0.3 is 0 Å². The lowest BCUT2D eigenvalue weighted by atomic mass is 9.49. The second kappa shape index (κ2) is 8.34. The molecule has 6 nitrogen and oxygen atoms in total. The van der Waals surface area contributed by atoms with Gasteiger partial charge in [-0.25, -0.2) is 4.98 Å². The molecular weight excluding hydrogens is 408 g/mol. The molecule has 1 aromatic carbocycles. The maximum atomic E-state index is 13.0. The van der Waals surface area contributed by atoms with Crippen molar-refractivity contribution in [2.24, 2.45) is 30.2 Å². The van der Waals surface area contributed by atoms with Gasteiger partial charge in [-0.1, -0.05) is 11.8 Å². The number of anilines is 1. The number of amides is 2. The highest BCUT2D eigenvalue weighted by Crippen LogP contribution is 2.60. The van der Waals surface area contributed by atoms with Crippen LogP contribution in [0.1, 0.15) is 44.9 Å². The van der Waals surface area contributed by atoms with E-state index >= 15 is 0 Å². The summed E-state index contributed by atoms with van der Waals surface area (Å²) in [7, 11) is 1.96. The number of aryl methyl sites for hydroxylation is 1. The normalized spacial score (nSPS) is 28.5. The number of hydrogen-bond acceptors (Lipinski definition) is 4. The number of rotatable bonds is 7. The van der Waals surface area contributed by atoms with E-state index in [4.69, 9.17) is 0 Å². The molecule has 4 saturated carbocycles. The van der Waals surface area contributed by atoms with Gasteiger partial charge in [0.05, 0.1) is 0 Å². The number of nitrogens with one attached hydrogen (secondary N) is 2. The van der Waals surface area contributed by atoms with Gasteiger partial charge in [-0.3, -0.25) is 9.59 Å². The van der Waals surface area contributed by atoms with Crippen LogP contribution in [0.5, 0.6) is 0 Å². The first-order chi connectivity index (χ1) is 15.0. The van der Waals surface area contributed by atoms with E-state index in [1.807, 2.05) is 42.1 Å². The Labute approximate surface area is 187 Å².